The highest BCUT2D eigenvalue weighted by Gasteiger charge is 2.56. The van der Waals surface area contributed by atoms with Crippen molar-refractivity contribution < 1.29 is 5.11 Å². The van der Waals surface area contributed by atoms with E-state index in [1.54, 1.807) is 0 Å². The van der Waals surface area contributed by atoms with E-state index in [1.165, 1.54) is 69.8 Å². The molecule has 0 spiro atoms. The Kier molecular flexibility index (Phi) is 7.40. The van der Waals surface area contributed by atoms with Gasteiger partial charge in [-0.05, 0) is 117 Å². The number of aliphatic hydroxyl groups is 1. The van der Waals surface area contributed by atoms with E-state index >= 15 is 0 Å². The number of aliphatic hydroxyl groups excluding tert-OH is 1. The van der Waals surface area contributed by atoms with Gasteiger partial charge in [0.05, 0.1) is 6.10 Å². The first-order chi connectivity index (χ1) is 13.7. The van der Waals surface area contributed by atoms with E-state index < -0.39 is 0 Å². The molecule has 0 aromatic heterocycles. The van der Waals surface area contributed by atoms with Gasteiger partial charge >= 0.3 is 0 Å². The van der Waals surface area contributed by atoms with Crippen molar-refractivity contribution >= 4 is 0 Å². The molecule has 166 valence electrons. The maximum absolute atomic E-state index is 10.1. The van der Waals surface area contributed by atoms with Gasteiger partial charge in [0.1, 0.15) is 0 Å². The lowest BCUT2D eigenvalue weighted by Crippen LogP contribution is -2.47. The molecule has 0 saturated heterocycles. The van der Waals surface area contributed by atoms with Crippen LogP contribution in [0.2, 0.25) is 0 Å². The fraction of sp³-hybridized carbons (Fsp3) is 0.857. The first-order valence-electron chi connectivity index (χ1n) is 12.7. The SMILES string of the molecule is C=CCC1C2CCC(CCCC(=C)C(C)C)[C@@]2(C)CCC1[C@]1(C)CC[C@@H](O)CC1. The van der Waals surface area contributed by atoms with E-state index in [0.29, 0.717) is 16.7 Å². The summed E-state index contributed by atoms with van der Waals surface area (Å²) in [7, 11) is 0. The summed E-state index contributed by atoms with van der Waals surface area (Å²) in [5.41, 5.74) is 2.40. The highest BCUT2D eigenvalue weighted by Crippen LogP contribution is 2.64. The quantitative estimate of drug-likeness (QED) is 0.410. The predicted molar refractivity (Wildman–Crippen MR) is 126 cm³/mol. The van der Waals surface area contributed by atoms with Crippen LogP contribution in [0.25, 0.3) is 0 Å². The second-order valence-electron chi connectivity index (χ2n) is 11.8. The van der Waals surface area contributed by atoms with Gasteiger partial charge in [0.25, 0.3) is 0 Å². The van der Waals surface area contributed by atoms with Crippen molar-refractivity contribution in [2.45, 2.75) is 111 Å². The molecule has 0 aromatic rings. The molecule has 3 fully saturated rings. The van der Waals surface area contributed by atoms with Gasteiger partial charge in [-0.3, -0.25) is 0 Å². The van der Waals surface area contributed by atoms with Gasteiger partial charge in [-0.15, -0.1) is 6.58 Å². The largest absolute Gasteiger partial charge is 0.393 e. The van der Waals surface area contributed by atoms with E-state index in [1.807, 2.05) is 0 Å². The molecular weight excluding hydrogens is 352 g/mol. The van der Waals surface area contributed by atoms with Crippen LogP contribution in [0.3, 0.4) is 0 Å². The number of hydrogen-bond acceptors (Lipinski definition) is 1. The van der Waals surface area contributed by atoms with E-state index in [0.717, 1.165) is 36.5 Å². The normalized spacial score (nSPS) is 42.6. The molecule has 3 aliphatic rings. The maximum Gasteiger partial charge on any atom is 0.0540 e. The molecule has 3 rings (SSSR count). The average Bonchev–Trinajstić information content (AvgIpc) is 3.01. The summed E-state index contributed by atoms with van der Waals surface area (Å²) in [5.74, 6) is 4.04. The Balaban J connectivity index is 1.69. The summed E-state index contributed by atoms with van der Waals surface area (Å²) in [6.45, 7) is 18.2. The lowest BCUT2D eigenvalue weighted by Gasteiger charge is -2.55. The van der Waals surface area contributed by atoms with Crippen molar-refractivity contribution in [1.82, 2.24) is 0 Å². The molecule has 0 bridgehead atoms. The zero-order valence-corrected chi connectivity index (χ0v) is 19.9. The van der Waals surface area contributed by atoms with Crippen molar-refractivity contribution in [3.63, 3.8) is 0 Å². The van der Waals surface area contributed by atoms with Crippen LogP contribution in [-0.2, 0) is 0 Å². The van der Waals surface area contributed by atoms with Crippen molar-refractivity contribution in [3.8, 4) is 0 Å². The highest BCUT2D eigenvalue weighted by molar-refractivity contribution is 5.07. The summed E-state index contributed by atoms with van der Waals surface area (Å²) < 4.78 is 0. The predicted octanol–water partition coefficient (Wildman–Crippen LogP) is 7.94. The zero-order valence-electron chi connectivity index (χ0n) is 19.9. The maximum atomic E-state index is 10.1. The van der Waals surface area contributed by atoms with Gasteiger partial charge in [-0.2, -0.15) is 0 Å². The molecule has 0 heterocycles. The minimum absolute atomic E-state index is 0.0498. The molecule has 0 amide bonds. The molecule has 4 unspecified atom stereocenters. The topological polar surface area (TPSA) is 20.2 Å². The smallest absolute Gasteiger partial charge is 0.0540 e. The summed E-state index contributed by atoms with van der Waals surface area (Å²) in [5, 5.41) is 10.1. The van der Waals surface area contributed by atoms with Crippen molar-refractivity contribution in [2.24, 2.45) is 40.4 Å². The van der Waals surface area contributed by atoms with Crippen LogP contribution >= 0.6 is 0 Å². The van der Waals surface area contributed by atoms with Crippen LogP contribution < -0.4 is 0 Å². The average molecular weight is 401 g/mol. The van der Waals surface area contributed by atoms with Crippen LogP contribution in [0.5, 0.6) is 0 Å². The lowest BCUT2D eigenvalue weighted by atomic mass is 9.50. The van der Waals surface area contributed by atoms with E-state index in [4.69, 9.17) is 0 Å². The zero-order chi connectivity index (χ0) is 21.2. The van der Waals surface area contributed by atoms with Gasteiger partial charge in [0.2, 0.25) is 0 Å². The third-order valence-electron chi connectivity index (χ3n) is 9.93. The molecule has 29 heavy (non-hydrogen) atoms. The summed E-state index contributed by atoms with van der Waals surface area (Å²) in [4.78, 5) is 0. The number of fused-ring (bicyclic) bond motifs is 1. The number of rotatable bonds is 8. The highest BCUT2D eigenvalue weighted by atomic mass is 16.3. The third kappa shape index (κ3) is 4.70. The molecular formula is C28H48O. The van der Waals surface area contributed by atoms with Gasteiger partial charge in [0.15, 0.2) is 0 Å². The molecule has 0 radical (unpaired) electrons. The molecule has 1 N–H and O–H groups in total. The molecule has 1 heteroatoms. The van der Waals surface area contributed by atoms with Gasteiger partial charge in [-0.1, -0.05) is 45.9 Å². The fourth-order valence-electron chi connectivity index (χ4n) is 7.75. The minimum Gasteiger partial charge on any atom is -0.393 e. The Morgan fingerprint density at radius 2 is 1.72 bits per heavy atom. The molecule has 0 aliphatic heterocycles. The fourth-order valence-corrected chi connectivity index (χ4v) is 7.75. The van der Waals surface area contributed by atoms with Crippen LogP contribution in [-0.4, -0.2) is 11.2 Å². The van der Waals surface area contributed by atoms with Crippen LogP contribution in [0.15, 0.2) is 24.8 Å². The Morgan fingerprint density at radius 3 is 2.34 bits per heavy atom. The molecule has 3 aliphatic carbocycles. The Morgan fingerprint density at radius 1 is 1.03 bits per heavy atom. The first-order valence-corrected chi connectivity index (χ1v) is 12.7. The lowest BCUT2D eigenvalue weighted by molar-refractivity contribution is -0.0641. The van der Waals surface area contributed by atoms with Crippen molar-refractivity contribution in [2.75, 3.05) is 0 Å². The summed E-state index contributed by atoms with van der Waals surface area (Å²) >= 11 is 0. The molecule has 3 saturated carbocycles. The Hall–Kier alpha value is -0.560. The van der Waals surface area contributed by atoms with Crippen LogP contribution in [0.1, 0.15) is 105 Å². The second kappa shape index (κ2) is 9.29. The standard InChI is InChI=1S/C28H48O/c1-7-9-24-25(27(5)17-14-23(29)15-18-27)16-19-28(6)22(12-13-26(24)28)11-8-10-21(4)20(2)3/h7,20,22-26,29H,1,4,8-19H2,2-3,5-6H3/t22?,23-,24?,25?,26?,27-,28-/m1/s1. The Bertz CT molecular complexity index is 567. The van der Waals surface area contributed by atoms with Crippen molar-refractivity contribution in [3.05, 3.63) is 24.8 Å². The van der Waals surface area contributed by atoms with Gasteiger partial charge in [0, 0.05) is 0 Å². The number of allylic oxidation sites excluding steroid dienone is 2. The Labute approximate surface area is 181 Å². The van der Waals surface area contributed by atoms with E-state index in [9.17, 15) is 5.11 Å². The summed E-state index contributed by atoms with van der Waals surface area (Å²) in [6, 6.07) is 0. The second-order valence-corrected chi connectivity index (χ2v) is 11.8. The van der Waals surface area contributed by atoms with E-state index in [2.05, 4.69) is 46.9 Å². The molecule has 1 nitrogen and oxygen atoms in total. The number of hydrogen-bond donors (Lipinski definition) is 1. The molecule has 5 atom stereocenters. The minimum atomic E-state index is -0.0498. The van der Waals surface area contributed by atoms with Gasteiger partial charge < -0.3 is 5.11 Å². The van der Waals surface area contributed by atoms with Crippen LogP contribution in [0, 0.1) is 40.4 Å². The van der Waals surface area contributed by atoms with Crippen molar-refractivity contribution in [1.29, 1.82) is 0 Å². The van der Waals surface area contributed by atoms with Gasteiger partial charge in [-0.25, -0.2) is 0 Å². The van der Waals surface area contributed by atoms with Crippen LogP contribution in [0.4, 0.5) is 0 Å². The molecule has 0 aromatic carbocycles. The summed E-state index contributed by atoms with van der Waals surface area (Å²) in [6.07, 6.45) is 17.4. The first kappa shape index (κ1) is 23.1. The third-order valence-corrected chi connectivity index (χ3v) is 9.93. The van der Waals surface area contributed by atoms with E-state index in [-0.39, 0.29) is 6.10 Å². The monoisotopic (exact) mass is 400 g/mol.